The molecular weight excluding hydrogens is 222 g/mol. The van der Waals surface area contributed by atoms with Gasteiger partial charge in [0.05, 0.1) is 7.11 Å². The summed E-state index contributed by atoms with van der Waals surface area (Å²) in [4.78, 5) is 2.52. The van der Waals surface area contributed by atoms with Crippen molar-refractivity contribution in [3.8, 4) is 5.75 Å². The molecule has 0 radical (unpaired) electrons. The number of hydrogen-bond donors (Lipinski definition) is 0. The molecule has 0 N–H and O–H groups in total. The third-order valence-corrected chi connectivity index (χ3v) is 3.82. The second kappa shape index (κ2) is 4.99. The zero-order valence-electron chi connectivity index (χ0n) is 10.9. The molecule has 2 heteroatoms. The molecular formula is C16H19NO. The molecule has 1 aliphatic heterocycles. The smallest absolute Gasteiger partial charge is 0.119 e. The Bertz CT molecular complexity index is 546. The summed E-state index contributed by atoms with van der Waals surface area (Å²) in [5, 5.41) is 2.63. The number of methoxy groups -OCH3 is 1. The second-order valence-corrected chi connectivity index (χ2v) is 4.95. The van der Waals surface area contributed by atoms with E-state index in [2.05, 4.69) is 41.3 Å². The summed E-state index contributed by atoms with van der Waals surface area (Å²) >= 11 is 0. The van der Waals surface area contributed by atoms with Gasteiger partial charge < -0.3 is 9.64 Å². The van der Waals surface area contributed by atoms with Crippen molar-refractivity contribution in [2.45, 2.75) is 12.8 Å². The molecule has 2 nitrogen and oxygen atoms in total. The molecule has 1 aliphatic rings. The van der Waals surface area contributed by atoms with Gasteiger partial charge in [0.15, 0.2) is 0 Å². The number of likely N-dealkylation sites (tertiary alicyclic amines) is 1. The minimum atomic E-state index is 0.933. The number of ether oxygens (including phenoxy) is 1. The van der Waals surface area contributed by atoms with Crippen molar-refractivity contribution in [1.82, 2.24) is 4.90 Å². The normalized spacial score (nSPS) is 15.6. The molecule has 0 unspecified atom stereocenters. The topological polar surface area (TPSA) is 12.5 Å². The molecule has 1 fully saturated rings. The van der Waals surface area contributed by atoms with Crippen LogP contribution in [0.1, 0.15) is 12.0 Å². The Balaban J connectivity index is 1.86. The maximum absolute atomic E-state index is 5.28. The summed E-state index contributed by atoms with van der Waals surface area (Å²) in [5.41, 5.74) is 1.45. The van der Waals surface area contributed by atoms with Gasteiger partial charge >= 0.3 is 0 Å². The van der Waals surface area contributed by atoms with Gasteiger partial charge in [0, 0.05) is 6.54 Å². The van der Waals surface area contributed by atoms with Crippen LogP contribution in [0.2, 0.25) is 0 Å². The van der Waals surface area contributed by atoms with Gasteiger partial charge in [-0.15, -0.1) is 0 Å². The zero-order chi connectivity index (χ0) is 12.4. The van der Waals surface area contributed by atoms with Gasteiger partial charge in [-0.25, -0.2) is 0 Å². The van der Waals surface area contributed by atoms with Gasteiger partial charge in [0.2, 0.25) is 0 Å². The average molecular weight is 241 g/mol. The first-order valence-corrected chi connectivity index (χ1v) is 6.65. The van der Waals surface area contributed by atoms with Crippen molar-refractivity contribution in [3.63, 3.8) is 0 Å². The molecule has 0 atom stereocenters. The largest absolute Gasteiger partial charge is 0.497 e. The number of rotatable bonds is 4. The van der Waals surface area contributed by atoms with E-state index in [9.17, 15) is 0 Å². The van der Waals surface area contributed by atoms with Crippen LogP contribution >= 0.6 is 0 Å². The van der Waals surface area contributed by atoms with Gasteiger partial charge in [0.1, 0.15) is 5.75 Å². The highest BCUT2D eigenvalue weighted by Gasteiger charge is 2.13. The van der Waals surface area contributed by atoms with E-state index in [4.69, 9.17) is 4.74 Å². The van der Waals surface area contributed by atoms with Crippen molar-refractivity contribution in [1.29, 1.82) is 0 Å². The van der Waals surface area contributed by atoms with Gasteiger partial charge in [-0.1, -0.05) is 24.3 Å². The van der Waals surface area contributed by atoms with Crippen LogP contribution in [0.5, 0.6) is 5.75 Å². The van der Waals surface area contributed by atoms with Crippen molar-refractivity contribution in [3.05, 3.63) is 42.0 Å². The number of benzene rings is 2. The van der Waals surface area contributed by atoms with Crippen molar-refractivity contribution in [2.24, 2.45) is 0 Å². The first-order chi connectivity index (χ1) is 8.86. The lowest BCUT2D eigenvalue weighted by Crippen LogP contribution is -2.38. The Morgan fingerprint density at radius 3 is 2.78 bits per heavy atom. The van der Waals surface area contributed by atoms with Crippen LogP contribution in [-0.4, -0.2) is 31.6 Å². The van der Waals surface area contributed by atoms with Gasteiger partial charge in [-0.05, 0) is 54.4 Å². The van der Waals surface area contributed by atoms with Gasteiger partial charge in [0.25, 0.3) is 0 Å². The lowest BCUT2D eigenvalue weighted by molar-refractivity contribution is 0.184. The molecule has 2 aromatic carbocycles. The Hall–Kier alpha value is -1.54. The molecule has 94 valence electrons. The molecule has 2 aromatic rings. The minimum Gasteiger partial charge on any atom is -0.497 e. The highest BCUT2D eigenvalue weighted by Crippen LogP contribution is 2.24. The van der Waals surface area contributed by atoms with E-state index in [1.165, 1.54) is 42.4 Å². The highest BCUT2D eigenvalue weighted by atomic mass is 16.5. The van der Waals surface area contributed by atoms with E-state index in [1.54, 1.807) is 7.11 Å². The van der Waals surface area contributed by atoms with Crippen LogP contribution in [-0.2, 0) is 6.42 Å². The second-order valence-electron chi connectivity index (χ2n) is 4.95. The molecule has 0 saturated carbocycles. The highest BCUT2D eigenvalue weighted by molar-refractivity contribution is 5.87. The Morgan fingerprint density at radius 1 is 1.17 bits per heavy atom. The third-order valence-electron chi connectivity index (χ3n) is 3.82. The van der Waals surface area contributed by atoms with E-state index >= 15 is 0 Å². The van der Waals surface area contributed by atoms with E-state index in [-0.39, 0.29) is 0 Å². The lowest BCUT2D eigenvalue weighted by atomic mass is 10.0. The van der Waals surface area contributed by atoms with Gasteiger partial charge in [-0.2, -0.15) is 0 Å². The van der Waals surface area contributed by atoms with Crippen LogP contribution in [0.4, 0.5) is 0 Å². The lowest BCUT2D eigenvalue weighted by Gasteiger charge is -2.30. The summed E-state index contributed by atoms with van der Waals surface area (Å²) < 4.78 is 5.28. The van der Waals surface area contributed by atoms with E-state index < -0.39 is 0 Å². The Labute approximate surface area is 108 Å². The Morgan fingerprint density at radius 2 is 2.06 bits per heavy atom. The van der Waals surface area contributed by atoms with Crippen LogP contribution < -0.4 is 4.74 Å². The summed E-state index contributed by atoms with van der Waals surface area (Å²) in [6.45, 7) is 3.74. The quantitative estimate of drug-likeness (QED) is 0.815. The zero-order valence-corrected chi connectivity index (χ0v) is 10.9. The van der Waals surface area contributed by atoms with Gasteiger partial charge in [-0.3, -0.25) is 0 Å². The predicted molar refractivity (Wildman–Crippen MR) is 75.3 cm³/mol. The van der Waals surface area contributed by atoms with Crippen LogP contribution in [0, 0.1) is 0 Å². The molecule has 0 amide bonds. The summed E-state index contributed by atoms with van der Waals surface area (Å²) in [7, 11) is 1.72. The Kier molecular flexibility index (Phi) is 3.20. The number of fused-ring (bicyclic) bond motifs is 1. The number of nitrogens with zero attached hydrogens (tertiary/aromatic N) is 1. The van der Waals surface area contributed by atoms with E-state index in [0.717, 1.165) is 12.2 Å². The molecule has 0 bridgehead atoms. The molecule has 3 rings (SSSR count). The standard InChI is InChI=1S/C16H19NO/c1-18-15-6-7-16-13(4-2-5-14(16)12-15)8-11-17-9-3-10-17/h2,4-7,12H,3,8-11H2,1H3. The molecule has 1 saturated heterocycles. The third kappa shape index (κ3) is 2.21. The summed E-state index contributed by atoms with van der Waals surface area (Å²) in [6, 6.07) is 12.9. The first-order valence-electron chi connectivity index (χ1n) is 6.65. The molecule has 0 spiro atoms. The molecule has 0 aromatic heterocycles. The number of hydrogen-bond acceptors (Lipinski definition) is 2. The first kappa shape index (κ1) is 11.5. The SMILES string of the molecule is COc1ccc2c(CCN3CCC3)cccc2c1. The van der Waals surface area contributed by atoms with Crippen LogP contribution in [0.3, 0.4) is 0 Å². The van der Waals surface area contributed by atoms with E-state index in [0.29, 0.717) is 0 Å². The predicted octanol–water partition coefficient (Wildman–Crippen LogP) is 3.10. The summed E-state index contributed by atoms with van der Waals surface area (Å²) in [5.74, 6) is 0.933. The van der Waals surface area contributed by atoms with E-state index in [1.807, 2.05) is 0 Å². The van der Waals surface area contributed by atoms with Crippen molar-refractivity contribution < 1.29 is 4.74 Å². The van der Waals surface area contributed by atoms with Crippen molar-refractivity contribution >= 4 is 10.8 Å². The molecule has 0 aliphatic carbocycles. The molecule has 1 heterocycles. The maximum Gasteiger partial charge on any atom is 0.119 e. The molecule has 18 heavy (non-hydrogen) atoms. The fourth-order valence-corrected chi connectivity index (χ4v) is 2.56. The fraction of sp³-hybridized carbons (Fsp3) is 0.375. The van der Waals surface area contributed by atoms with Crippen LogP contribution in [0.25, 0.3) is 10.8 Å². The van der Waals surface area contributed by atoms with Crippen molar-refractivity contribution in [2.75, 3.05) is 26.7 Å². The van der Waals surface area contributed by atoms with Crippen LogP contribution in [0.15, 0.2) is 36.4 Å². The minimum absolute atomic E-state index is 0.933. The average Bonchev–Trinajstić information content (AvgIpc) is 2.36. The fourth-order valence-electron chi connectivity index (χ4n) is 2.56. The maximum atomic E-state index is 5.28. The summed E-state index contributed by atoms with van der Waals surface area (Å²) in [6.07, 6.45) is 2.51. The monoisotopic (exact) mass is 241 g/mol.